The molecular formula is C26H32N2O4. The molecule has 2 fully saturated rings. The van der Waals surface area contributed by atoms with Crippen LogP contribution in [0.15, 0.2) is 48.1 Å². The second kappa shape index (κ2) is 7.49. The Morgan fingerprint density at radius 1 is 1.25 bits per heavy atom. The van der Waals surface area contributed by atoms with Gasteiger partial charge in [0.15, 0.2) is 11.5 Å². The van der Waals surface area contributed by atoms with Crippen molar-refractivity contribution >= 4 is 5.91 Å². The van der Waals surface area contributed by atoms with Gasteiger partial charge in [-0.25, -0.2) is 0 Å². The zero-order valence-corrected chi connectivity index (χ0v) is 19.0. The Balaban J connectivity index is 1.53. The van der Waals surface area contributed by atoms with Crippen LogP contribution in [0.5, 0.6) is 11.5 Å². The maximum Gasteiger partial charge on any atom is 0.246 e. The normalized spacial score (nSPS) is 35.1. The minimum absolute atomic E-state index is 0.0507. The Hall–Kier alpha value is -2.57. The van der Waals surface area contributed by atoms with Gasteiger partial charge in [-0.15, -0.1) is 0 Å². The van der Waals surface area contributed by atoms with Crippen LogP contribution in [0.3, 0.4) is 0 Å². The molecule has 1 aromatic carbocycles. The van der Waals surface area contributed by atoms with Crippen LogP contribution >= 0.6 is 0 Å². The summed E-state index contributed by atoms with van der Waals surface area (Å²) in [5.41, 5.74) is 1.49. The Labute approximate surface area is 189 Å². The van der Waals surface area contributed by atoms with Crippen LogP contribution in [-0.2, 0) is 16.6 Å². The summed E-state index contributed by atoms with van der Waals surface area (Å²) >= 11 is 0. The molecule has 2 heterocycles. The third-order valence-electron chi connectivity index (χ3n) is 8.21. The van der Waals surface area contributed by atoms with Gasteiger partial charge < -0.3 is 25.2 Å². The van der Waals surface area contributed by atoms with Gasteiger partial charge in [-0.1, -0.05) is 24.3 Å². The van der Waals surface area contributed by atoms with Crippen molar-refractivity contribution in [3.05, 3.63) is 59.2 Å². The van der Waals surface area contributed by atoms with Crippen LogP contribution in [0.25, 0.3) is 0 Å². The van der Waals surface area contributed by atoms with Gasteiger partial charge in [0.25, 0.3) is 0 Å². The standard InChI is InChI=1S/C26H32N2O4/c1-4-6-16(5-2)7-10-21(30)28(3)18-11-12-26(31)20-15-17-8-9-19(29)23-22(17)25(26,13-14-27-20)24(18)32-23/h4-10,18,20,24,27,29,31H,11-15H2,1-3H3/b6-4-,10-7+,16-5+/t18-,20-,24?,25+,26-/m0/s1. The van der Waals surface area contributed by atoms with Crippen molar-refractivity contribution in [1.82, 2.24) is 10.2 Å². The van der Waals surface area contributed by atoms with E-state index in [0.29, 0.717) is 25.0 Å². The lowest BCUT2D eigenvalue weighted by atomic mass is 9.48. The number of carbonyl (C=O) groups excluding carboxylic acids is 1. The predicted octanol–water partition coefficient (Wildman–Crippen LogP) is 2.74. The fraction of sp³-hybridized carbons (Fsp3) is 0.500. The molecular weight excluding hydrogens is 404 g/mol. The topological polar surface area (TPSA) is 82.0 Å². The number of nitrogens with one attached hydrogen (secondary N) is 1. The quantitative estimate of drug-likeness (QED) is 0.500. The van der Waals surface area contributed by atoms with E-state index in [-0.39, 0.29) is 23.7 Å². The minimum atomic E-state index is -0.956. The summed E-state index contributed by atoms with van der Waals surface area (Å²) in [6.07, 6.45) is 11.6. The smallest absolute Gasteiger partial charge is 0.246 e. The summed E-state index contributed by atoms with van der Waals surface area (Å²) in [5.74, 6) is 0.522. The Kier molecular flexibility index (Phi) is 4.98. The number of phenolic OH excluding ortho intramolecular Hbond substituents is 1. The van der Waals surface area contributed by atoms with Crippen molar-refractivity contribution in [1.29, 1.82) is 0 Å². The molecule has 1 saturated heterocycles. The number of allylic oxidation sites excluding steroid dienone is 5. The fourth-order valence-electron chi connectivity index (χ4n) is 6.70. The van der Waals surface area contributed by atoms with Gasteiger partial charge in [0.05, 0.1) is 17.1 Å². The van der Waals surface area contributed by atoms with E-state index in [0.717, 1.165) is 29.7 Å². The number of nitrogens with zero attached hydrogens (tertiary/aromatic N) is 1. The Bertz CT molecular complexity index is 1040. The first-order valence-electron chi connectivity index (χ1n) is 11.6. The average molecular weight is 437 g/mol. The summed E-state index contributed by atoms with van der Waals surface area (Å²) in [4.78, 5) is 14.9. The number of aromatic hydroxyl groups is 1. The Morgan fingerprint density at radius 3 is 2.81 bits per heavy atom. The third-order valence-corrected chi connectivity index (χ3v) is 8.21. The van der Waals surface area contributed by atoms with E-state index in [1.54, 1.807) is 17.0 Å². The molecule has 3 N–H and O–H groups in total. The zero-order valence-electron chi connectivity index (χ0n) is 19.0. The highest BCUT2D eigenvalue weighted by molar-refractivity contribution is 5.88. The van der Waals surface area contributed by atoms with Crippen LogP contribution in [0.4, 0.5) is 0 Å². The molecule has 4 aliphatic rings. The van der Waals surface area contributed by atoms with E-state index >= 15 is 0 Å². The van der Waals surface area contributed by atoms with Gasteiger partial charge in [-0.3, -0.25) is 4.79 Å². The average Bonchev–Trinajstić information content (AvgIpc) is 3.12. The zero-order chi connectivity index (χ0) is 22.7. The van der Waals surface area contributed by atoms with Crippen molar-refractivity contribution in [2.75, 3.05) is 13.6 Å². The molecule has 2 bridgehead atoms. The minimum Gasteiger partial charge on any atom is -0.504 e. The van der Waals surface area contributed by atoms with Gasteiger partial charge >= 0.3 is 0 Å². The van der Waals surface area contributed by atoms with E-state index in [1.807, 2.05) is 51.3 Å². The van der Waals surface area contributed by atoms with Crippen molar-refractivity contribution in [3.63, 3.8) is 0 Å². The number of aliphatic hydroxyl groups is 1. The summed E-state index contributed by atoms with van der Waals surface area (Å²) < 4.78 is 6.47. The number of hydrogen-bond acceptors (Lipinski definition) is 5. The lowest BCUT2D eigenvalue weighted by Gasteiger charge is -2.62. The lowest BCUT2D eigenvalue weighted by molar-refractivity contribution is -0.172. The van der Waals surface area contributed by atoms with Gasteiger partial charge in [0.1, 0.15) is 6.10 Å². The number of piperidine rings is 1. The van der Waals surface area contributed by atoms with Gasteiger partial charge in [0, 0.05) is 24.7 Å². The van der Waals surface area contributed by atoms with E-state index in [2.05, 4.69) is 5.32 Å². The number of hydrogen-bond donors (Lipinski definition) is 3. The summed E-state index contributed by atoms with van der Waals surface area (Å²) in [6, 6.07) is 3.40. The van der Waals surface area contributed by atoms with Gasteiger partial charge in [0.2, 0.25) is 5.91 Å². The molecule has 1 saturated carbocycles. The largest absolute Gasteiger partial charge is 0.504 e. The monoisotopic (exact) mass is 436 g/mol. The van der Waals surface area contributed by atoms with Crippen molar-refractivity contribution in [3.8, 4) is 11.5 Å². The van der Waals surface area contributed by atoms with Gasteiger partial charge in [-0.2, -0.15) is 0 Å². The SMILES string of the molecule is C\C=C/C(/C=C/C(=O)N(C)[C@H]1CC[C@]2(O)[C@@H]3Cc4ccc(O)c5c4[C@]2(CCN3)C1O5)=C\C. The van der Waals surface area contributed by atoms with E-state index in [4.69, 9.17) is 4.74 Å². The maximum absolute atomic E-state index is 13.1. The Morgan fingerprint density at radius 2 is 2.06 bits per heavy atom. The molecule has 170 valence electrons. The fourth-order valence-corrected chi connectivity index (χ4v) is 6.70. The molecule has 1 unspecified atom stereocenters. The molecule has 1 amide bonds. The summed E-state index contributed by atoms with van der Waals surface area (Å²) in [6.45, 7) is 4.67. The van der Waals surface area contributed by atoms with E-state index < -0.39 is 17.1 Å². The molecule has 1 spiro atoms. The number of rotatable bonds is 4. The number of phenols is 1. The highest BCUT2D eigenvalue weighted by Crippen LogP contribution is 2.64. The number of amides is 1. The highest BCUT2D eigenvalue weighted by atomic mass is 16.5. The molecule has 0 radical (unpaired) electrons. The molecule has 2 aliphatic heterocycles. The molecule has 2 aliphatic carbocycles. The predicted molar refractivity (Wildman–Crippen MR) is 123 cm³/mol. The van der Waals surface area contributed by atoms with Gasteiger partial charge in [-0.05, 0) is 69.4 Å². The van der Waals surface area contributed by atoms with Crippen molar-refractivity contribution < 1.29 is 19.7 Å². The first-order chi connectivity index (χ1) is 15.4. The molecule has 6 nitrogen and oxygen atoms in total. The summed E-state index contributed by atoms with van der Waals surface area (Å²) in [7, 11) is 1.82. The third kappa shape index (κ3) is 2.69. The molecule has 0 aromatic heterocycles. The second-order valence-electron chi connectivity index (χ2n) is 9.52. The molecule has 1 aromatic rings. The molecule has 32 heavy (non-hydrogen) atoms. The van der Waals surface area contributed by atoms with E-state index in [9.17, 15) is 15.0 Å². The van der Waals surface area contributed by atoms with Crippen LogP contribution < -0.4 is 10.1 Å². The number of ether oxygens (including phenoxy) is 1. The highest BCUT2D eigenvalue weighted by Gasteiger charge is 2.72. The molecule has 5 rings (SSSR count). The summed E-state index contributed by atoms with van der Waals surface area (Å²) in [5, 5.41) is 26.2. The first kappa shape index (κ1) is 21.3. The maximum atomic E-state index is 13.1. The van der Waals surface area contributed by atoms with Crippen LogP contribution in [-0.4, -0.2) is 58.4 Å². The molecule has 5 atom stereocenters. The van der Waals surface area contributed by atoms with Crippen molar-refractivity contribution in [2.45, 2.75) is 68.7 Å². The lowest BCUT2D eigenvalue weighted by Crippen LogP contribution is -2.77. The van der Waals surface area contributed by atoms with Crippen LogP contribution in [0, 0.1) is 0 Å². The van der Waals surface area contributed by atoms with Crippen LogP contribution in [0.1, 0.15) is 44.2 Å². The van der Waals surface area contributed by atoms with Crippen LogP contribution in [0.2, 0.25) is 0 Å². The number of carbonyl (C=O) groups is 1. The molecule has 6 heteroatoms. The number of benzene rings is 1. The first-order valence-corrected chi connectivity index (χ1v) is 11.6. The van der Waals surface area contributed by atoms with Crippen molar-refractivity contribution in [2.24, 2.45) is 0 Å². The van der Waals surface area contributed by atoms with E-state index in [1.165, 1.54) is 0 Å². The second-order valence-corrected chi connectivity index (χ2v) is 9.52. The number of likely N-dealkylation sites (N-methyl/N-ethyl adjacent to an activating group) is 1.